The molecule has 0 aliphatic carbocycles. The molecule has 4 heteroatoms. The zero-order valence-corrected chi connectivity index (χ0v) is 12.1. The molecule has 1 saturated heterocycles. The Hall–Kier alpha value is -1.94. The first-order chi connectivity index (χ1) is 10.3. The Balaban J connectivity index is 1.59. The van der Waals surface area contributed by atoms with Crippen molar-refractivity contribution in [3.05, 3.63) is 48.3 Å². The zero-order chi connectivity index (χ0) is 14.5. The van der Waals surface area contributed by atoms with Gasteiger partial charge in [-0.2, -0.15) is 5.10 Å². The molecular weight excluding hydrogens is 264 g/mol. The lowest BCUT2D eigenvalue weighted by Gasteiger charge is -2.21. The monoisotopic (exact) mass is 284 g/mol. The summed E-state index contributed by atoms with van der Waals surface area (Å²) in [5, 5.41) is 4.27. The first kappa shape index (κ1) is 14.0. The third kappa shape index (κ3) is 3.58. The molecule has 0 N–H and O–H groups in total. The van der Waals surface area contributed by atoms with Crippen LogP contribution < -0.4 is 0 Å². The molecule has 21 heavy (non-hydrogen) atoms. The minimum Gasteiger partial charge on any atom is -0.378 e. The van der Waals surface area contributed by atoms with Crippen molar-refractivity contribution in [3.63, 3.8) is 0 Å². The minimum absolute atomic E-state index is 0.145. The van der Waals surface area contributed by atoms with Crippen molar-refractivity contribution in [1.82, 2.24) is 9.78 Å². The Morgan fingerprint density at radius 1 is 1.29 bits per heavy atom. The molecule has 0 spiro atoms. The molecule has 2 heterocycles. The van der Waals surface area contributed by atoms with Crippen LogP contribution in [0.2, 0.25) is 0 Å². The SMILES string of the molecule is O=C(CCC1CCCCO1)c1cnn(-c2ccccc2)c1. The van der Waals surface area contributed by atoms with E-state index in [1.54, 1.807) is 17.1 Å². The molecule has 1 fully saturated rings. The predicted octanol–water partition coefficient (Wildman–Crippen LogP) is 3.40. The lowest BCUT2D eigenvalue weighted by atomic mass is 10.0. The van der Waals surface area contributed by atoms with E-state index in [0.29, 0.717) is 12.0 Å². The van der Waals surface area contributed by atoms with Crippen molar-refractivity contribution in [3.8, 4) is 5.69 Å². The van der Waals surface area contributed by atoms with E-state index >= 15 is 0 Å². The van der Waals surface area contributed by atoms with Crippen LogP contribution in [-0.2, 0) is 4.74 Å². The van der Waals surface area contributed by atoms with Crippen LogP contribution in [0, 0.1) is 0 Å². The van der Waals surface area contributed by atoms with Gasteiger partial charge < -0.3 is 4.74 Å². The quantitative estimate of drug-likeness (QED) is 0.790. The third-order valence-electron chi connectivity index (χ3n) is 3.89. The number of hydrogen-bond acceptors (Lipinski definition) is 3. The van der Waals surface area contributed by atoms with Gasteiger partial charge >= 0.3 is 0 Å². The first-order valence-electron chi connectivity index (χ1n) is 7.58. The van der Waals surface area contributed by atoms with Crippen LogP contribution in [0.25, 0.3) is 5.69 Å². The Bertz CT molecular complexity index is 586. The van der Waals surface area contributed by atoms with Crippen molar-refractivity contribution in [2.75, 3.05) is 6.61 Å². The predicted molar refractivity (Wildman–Crippen MR) is 80.7 cm³/mol. The number of hydrogen-bond donors (Lipinski definition) is 0. The van der Waals surface area contributed by atoms with Crippen molar-refractivity contribution >= 4 is 5.78 Å². The maximum atomic E-state index is 12.2. The topological polar surface area (TPSA) is 44.1 Å². The molecule has 110 valence electrons. The number of para-hydroxylation sites is 1. The van der Waals surface area contributed by atoms with Crippen LogP contribution in [0.1, 0.15) is 42.5 Å². The summed E-state index contributed by atoms with van der Waals surface area (Å²) in [7, 11) is 0. The second kappa shape index (κ2) is 6.68. The molecule has 0 saturated carbocycles. The lowest BCUT2D eigenvalue weighted by molar-refractivity contribution is 0.0104. The minimum atomic E-state index is 0.145. The van der Waals surface area contributed by atoms with Crippen LogP contribution >= 0.6 is 0 Å². The summed E-state index contributed by atoms with van der Waals surface area (Å²) in [6.07, 6.45) is 8.50. The molecule has 3 rings (SSSR count). The van der Waals surface area contributed by atoms with Gasteiger partial charge in [0.1, 0.15) is 0 Å². The Morgan fingerprint density at radius 2 is 2.14 bits per heavy atom. The number of benzene rings is 1. The largest absolute Gasteiger partial charge is 0.378 e. The van der Waals surface area contributed by atoms with Crippen molar-refractivity contribution in [2.45, 2.75) is 38.2 Å². The highest BCUT2D eigenvalue weighted by atomic mass is 16.5. The summed E-state index contributed by atoms with van der Waals surface area (Å²) in [5.74, 6) is 0.145. The van der Waals surface area contributed by atoms with Crippen molar-refractivity contribution in [1.29, 1.82) is 0 Å². The lowest BCUT2D eigenvalue weighted by Crippen LogP contribution is -2.19. The van der Waals surface area contributed by atoms with Crippen LogP contribution in [0.5, 0.6) is 0 Å². The van der Waals surface area contributed by atoms with Gasteiger partial charge in [-0.15, -0.1) is 0 Å². The van der Waals surface area contributed by atoms with Gasteiger partial charge in [0.15, 0.2) is 5.78 Å². The third-order valence-corrected chi connectivity index (χ3v) is 3.89. The maximum Gasteiger partial charge on any atom is 0.166 e. The number of rotatable bonds is 5. The van der Waals surface area contributed by atoms with Gasteiger partial charge in [0.25, 0.3) is 0 Å². The molecule has 0 bridgehead atoms. The van der Waals surface area contributed by atoms with Crippen LogP contribution in [0.3, 0.4) is 0 Å². The van der Waals surface area contributed by atoms with E-state index in [9.17, 15) is 4.79 Å². The first-order valence-corrected chi connectivity index (χ1v) is 7.58. The van der Waals surface area contributed by atoms with Crippen LogP contribution in [0.4, 0.5) is 0 Å². The zero-order valence-electron chi connectivity index (χ0n) is 12.1. The highest BCUT2D eigenvalue weighted by Crippen LogP contribution is 2.18. The summed E-state index contributed by atoms with van der Waals surface area (Å²) >= 11 is 0. The Morgan fingerprint density at radius 3 is 2.90 bits per heavy atom. The fourth-order valence-electron chi connectivity index (χ4n) is 2.66. The summed E-state index contributed by atoms with van der Waals surface area (Å²) in [6, 6.07) is 9.81. The maximum absolute atomic E-state index is 12.2. The molecule has 1 atom stereocenters. The molecule has 1 aliphatic rings. The Kier molecular flexibility index (Phi) is 4.46. The van der Waals surface area contributed by atoms with E-state index in [1.807, 2.05) is 30.3 Å². The molecule has 1 aromatic carbocycles. The van der Waals surface area contributed by atoms with Gasteiger partial charge in [-0.1, -0.05) is 18.2 Å². The molecule has 1 unspecified atom stereocenters. The number of ketones is 1. The van der Waals surface area contributed by atoms with E-state index in [0.717, 1.165) is 31.6 Å². The molecule has 1 aliphatic heterocycles. The number of aromatic nitrogens is 2. The van der Waals surface area contributed by atoms with Gasteiger partial charge in [0.05, 0.1) is 23.6 Å². The second-order valence-electron chi connectivity index (χ2n) is 5.46. The van der Waals surface area contributed by atoms with Gasteiger partial charge in [0, 0.05) is 19.2 Å². The average Bonchev–Trinajstić information content (AvgIpc) is 3.04. The van der Waals surface area contributed by atoms with E-state index in [2.05, 4.69) is 5.10 Å². The van der Waals surface area contributed by atoms with Crippen LogP contribution in [-0.4, -0.2) is 28.3 Å². The fraction of sp³-hybridized carbons (Fsp3) is 0.412. The molecular formula is C17H20N2O2. The number of nitrogens with zero attached hydrogens (tertiary/aromatic N) is 2. The summed E-state index contributed by atoms with van der Waals surface area (Å²) in [4.78, 5) is 12.2. The fourth-order valence-corrected chi connectivity index (χ4v) is 2.66. The number of carbonyl (C=O) groups is 1. The molecule has 1 aromatic heterocycles. The summed E-state index contributed by atoms with van der Waals surface area (Å²) < 4.78 is 7.41. The normalized spacial score (nSPS) is 18.6. The highest BCUT2D eigenvalue weighted by Gasteiger charge is 2.16. The van der Waals surface area contributed by atoms with E-state index in [-0.39, 0.29) is 11.9 Å². The molecule has 0 radical (unpaired) electrons. The molecule has 4 nitrogen and oxygen atoms in total. The number of carbonyl (C=O) groups excluding carboxylic acids is 1. The summed E-state index contributed by atoms with van der Waals surface area (Å²) in [5.41, 5.74) is 1.64. The average molecular weight is 284 g/mol. The smallest absolute Gasteiger partial charge is 0.166 e. The molecule has 2 aromatic rings. The van der Waals surface area contributed by atoms with E-state index in [1.165, 1.54) is 6.42 Å². The molecule has 0 amide bonds. The van der Waals surface area contributed by atoms with Gasteiger partial charge in [-0.3, -0.25) is 4.79 Å². The van der Waals surface area contributed by atoms with Crippen molar-refractivity contribution in [2.24, 2.45) is 0 Å². The van der Waals surface area contributed by atoms with Crippen molar-refractivity contribution < 1.29 is 9.53 Å². The van der Waals surface area contributed by atoms with Crippen LogP contribution in [0.15, 0.2) is 42.7 Å². The highest BCUT2D eigenvalue weighted by molar-refractivity contribution is 5.95. The summed E-state index contributed by atoms with van der Waals surface area (Å²) in [6.45, 7) is 0.838. The number of Topliss-reactive ketones (excluding diaryl/α,β-unsaturated/α-hetero) is 1. The van der Waals surface area contributed by atoms with Gasteiger partial charge in [-0.25, -0.2) is 4.68 Å². The standard InChI is InChI=1S/C17H20N2O2/c20-17(10-9-16-8-4-5-11-21-16)14-12-18-19(13-14)15-6-2-1-3-7-15/h1-3,6-7,12-13,16H,4-5,8-11H2. The second-order valence-corrected chi connectivity index (χ2v) is 5.46. The Labute approximate surface area is 124 Å². The van der Waals surface area contributed by atoms with E-state index in [4.69, 9.17) is 4.74 Å². The van der Waals surface area contributed by atoms with E-state index < -0.39 is 0 Å². The number of ether oxygens (including phenoxy) is 1. The van der Waals surface area contributed by atoms with Gasteiger partial charge in [-0.05, 0) is 37.8 Å². The van der Waals surface area contributed by atoms with Gasteiger partial charge in [0.2, 0.25) is 0 Å².